The molecule has 0 aromatic heterocycles. The molecule has 210 valence electrons. The first-order chi connectivity index (χ1) is 18.5. The predicted molar refractivity (Wildman–Crippen MR) is 158 cm³/mol. The summed E-state index contributed by atoms with van der Waals surface area (Å²) in [6.45, 7) is 21.2. The molecule has 2 unspecified atom stereocenters. The Morgan fingerprint density at radius 3 is 2.63 bits per heavy atom. The van der Waals surface area contributed by atoms with Crippen LogP contribution in [0.2, 0.25) is 0 Å². The van der Waals surface area contributed by atoms with Crippen molar-refractivity contribution in [3.05, 3.63) is 71.5 Å². The largest absolute Gasteiger partial charge is 0.381 e. The van der Waals surface area contributed by atoms with Crippen LogP contribution in [0.25, 0.3) is 0 Å². The summed E-state index contributed by atoms with van der Waals surface area (Å²) in [6.07, 6.45) is 17.1. The third-order valence-corrected chi connectivity index (χ3v) is 9.12. The van der Waals surface area contributed by atoms with Crippen LogP contribution in [0.5, 0.6) is 0 Å². The van der Waals surface area contributed by atoms with Gasteiger partial charge in [-0.15, -0.1) is 0 Å². The molecule has 0 bridgehead atoms. The van der Waals surface area contributed by atoms with Gasteiger partial charge in [-0.1, -0.05) is 50.0 Å². The van der Waals surface area contributed by atoms with Gasteiger partial charge in [0.2, 0.25) is 0 Å². The number of rotatable bonds is 10. The van der Waals surface area contributed by atoms with Gasteiger partial charge in [-0.25, -0.2) is 0 Å². The molecule has 6 heteroatoms. The lowest BCUT2D eigenvalue weighted by molar-refractivity contribution is 0.0179. The fourth-order valence-electron chi connectivity index (χ4n) is 6.39. The van der Waals surface area contributed by atoms with E-state index in [9.17, 15) is 5.11 Å². The number of aliphatic hydroxyl groups excluding tert-OH is 1. The molecule has 3 N–H and O–H groups in total. The molecule has 4 rings (SSSR count). The van der Waals surface area contributed by atoms with Crippen molar-refractivity contribution in [2.24, 2.45) is 5.41 Å². The Kier molecular flexibility index (Phi) is 10.6. The van der Waals surface area contributed by atoms with Crippen molar-refractivity contribution in [3.8, 4) is 0 Å². The number of aliphatic hydroxyl groups is 1. The molecule has 0 amide bonds. The standard InChI is InChI=1S/C32H50N4O2/c1-5-25(11-12-26(6-2)21-35-17-13-32(14-18-35)15-19-38-24-32)20-34-29(8-4)28-23-36(22-27(28)7-3)30-10-9-16-33-31(30)37/h5,7-8,11-12,30-31,33-34,37H,1,4,6,9-10,13-24H2,2-3H3/b25-11+,26-12+,27-7-,29-28+. The fourth-order valence-corrected chi connectivity index (χ4v) is 6.39. The number of hydrogen-bond donors (Lipinski definition) is 3. The van der Waals surface area contributed by atoms with Gasteiger partial charge in [-0.2, -0.15) is 0 Å². The smallest absolute Gasteiger partial charge is 0.120 e. The van der Waals surface area contributed by atoms with Crippen molar-refractivity contribution in [1.29, 1.82) is 0 Å². The maximum absolute atomic E-state index is 10.5. The first-order valence-electron chi connectivity index (χ1n) is 14.7. The number of nitrogens with one attached hydrogen (secondary N) is 2. The van der Waals surface area contributed by atoms with E-state index in [1.165, 1.54) is 54.6 Å². The fraction of sp³-hybridized carbons (Fsp3) is 0.625. The van der Waals surface area contributed by atoms with E-state index in [0.29, 0.717) is 12.0 Å². The molecule has 0 aromatic rings. The zero-order chi connectivity index (χ0) is 27.0. The quantitative estimate of drug-likeness (QED) is 0.372. The lowest BCUT2D eigenvalue weighted by Crippen LogP contribution is -2.52. The van der Waals surface area contributed by atoms with Crippen molar-refractivity contribution in [2.75, 3.05) is 59.0 Å². The molecular weight excluding hydrogens is 472 g/mol. The number of nitrogens with zero attached hydrogens (tertiary/aromatic N) is 2. The van der Waals surface area contributed by atoms with E-state index >= 15 is 0 Å². The van der Waals surface area contributed by atoms with E-state index < -0.39 is 6.23 Å². The van der Waals surface area contributed by atoms with E-state index in [1.807, 2.05) is 12.2 Å². The third kappa shape index (κ3) is 7.16. The molecule has 4 fully saturated rings. The summed E-state index contributed by atoms with van der Waals surface area (Å²) < 4.78 is 5.70. The molecule has 38 heavy (non-hydrogen) atoms. The molecule has 1 spiro atoms. The summed E-state index contributed by atoms with van der Waals surface area (Å²) >= 11 is 0. The summed E-state index contributed by atoms with van der Waals surface area (Å²) in [7, 11) is 0. The summed E-state index contributed by atoms with van der Waals surface area (Å²) in [5, 5.41) is 17.4. The van der Waals surface area contributed by atoms with Gasteiger partial charge in [0.15, 0.2) is 0 Å². The minimum atomic E-state index is -0.459. The molecule has 4 heterocycles. The molecular formula is C32H50N4O2. The third-order valence-electron chi connectivity index (χ3n) is 9.12. The first kappa shape index (κ1) is 29.0. The van der Waals surface area contributed by atoms with Crippen molar-refractivity contribution < 1.29 is 9.84 Å². The first-order valence-corrected chi connectivity index (χ1v) is 14.7. The second kappa shape index (κ2) is 13.9. The highest BCUT2D eigenvalue weighted by atomic mass is 16.5. The Bertz CT molecular complexity index is 947. The lowest BCUT2D eigenvalue weighted by Gasteiger charge is -2.38. The maximum atomic E-state index is 10.5. The normalized spacial score (nSPS) is 29.7. The predicted octanol–water partition coefficient (Wildman–Crippen LogP) is 4.30. The average Bonchev–Trinajstić information content (AvgIpc) is 3.59. The van der Waals surface area contributed by atoms with E-state index in [2.05, 4.69) is 65.7 Å². The SMILES string of the molecule is C=C/C(NC/C(C=C)=C/C=C(\CC)CN1CCC2(CCOC2)CC1)=C1/CN(C2CCCNC2O)C/C1=C/C. The highest BCUT2D eigenvalue weighted by molar-refractivity contribution is 5.45. The van der Waals surface area contributed by atoms with Crippen LogP contribution in [0.3, 0.4) is 0 Å². The Balaban J connectivity index is 1.36. The van der Waals surface area contributed by atoms with Crippen LogP contribution < -0.4 is 10.6 Å². The second-order valence-corrected chi connectivity index (χ2v) is 11.5. The van der Waals surface area contributed by atoms with Gasteiger partial charge in [0.25, 0.3) is 0 Å². The van der Waals surface area contributed by atoms with Crippen LogP contribution in [0.15, 0.2) is 71.5 Å². The van der Waals surface area contributed by atoms with Crippen LogP contribution in [-0.4, -0.2) is 86.2 Å². The van der Waals surface area contributed by atoms with Gasteiger partial charge in [0.1, 0.15) is 6.23 Å². The number of hydrogen-bond acceptors (Lipinski definition) is 6. The molecule has 4 aliphatic rings. The highest BCUT2D eigenvalue weighted by Gasteiger charge is 2.38. The molecule has 4 saturated heterocycles. The maximum Gasteiger partial charge on any atom is 0.120 e. The molecule has 0 aliphatic carbocycles. The average molecular weight is 523 g/mol. The molecule has 2 atom stereocenters. The van der Waals surface area contributed by atoms with E-state index in [-0.39, 0.29) is 6.04 Å². The van der Waals surface area contributed by atoms with Crippen LogP contribution in [0.4, 0.5) is 0 Å². The minimum Gasteiger partial charge on any atom is -0.381 e. The van der Waals surface area contributed by atoms with Crippen molar-refractivity contribution >= 4 is 0 Å². The van der Waals surface area contributed by atoms with E-state index in [4.69, 9.17) is 4.74 Å². The van der Waals surface area contributed by atoms with Crippen LogP contribution >= 0.6 is 0 Å². The summed E-state index contributed by atoms with van der Waals surface area (Å²) in [4.78, 5) is 5.01. The molecule has 0 aromatic carbocycles. The van der Waals surface area contributed by atoms with Crippen molar-refractivity contribution in [1.82, 2.24) is 20.4 Å². The number of allylic oxidation sites excluding steroid dienone is 4. The Hall–Kier alpha value is -1.96. The lowest BCUT2D eigenvalue weighted by atomic mass is 9.78. The van der Waals surface area contributed by atoms with Gasteiger partial charge in [-0.05, 0) is 93.3 Å². The van der Waals surface area contributed by atoms with Gasteiger partial charge in [-0.3, -0.25) is 15.1 Å². The molecule has 6 nitrogen and oxygen atoms in total. The van der Waals surface area contributed by atoms with Gasteiger partial charge >= 0.3 is 0 Å². The zero-order valence-corrected chi connectivity index (χ0v) is 23.8. The molecule has 0 radical (unpaired) electrons. The minimum absolute atomic E-state index is 0.153. The zero-order valence-electron chi connectivity index (χ0n) is 23.8. The second-order valence-electron chi connectivity index (χ2n) is 11.5. The number of ether oxygens (including phenoxy) is 1. The van der Waals surface area contributed by atoms with Crippen LogP contribution in [0.1, 0.15) is 52.4 Å². The molecule has 4 aliphatic heterocycles. The van der Waals surface area contributed by atoms with E-state index in [1.54, 1.807) is 0 Å². The van der Waals surface area contributed by atoms with E-state index in [0.717, 1.165) is 64.4 Å². The number of likely N-dealkylation sites (tertiary alicyclic amines) is 2. The summed E-state index contributed by atoms with van der Waals surface area (Å²) in [5.41, 5.74) is 6.76. The van der Waals surface area contributed by atoms with Crippen LogP contribution in [-0.2, 0) is 4.74 Å². The Morgan fingerprint density at radius 1 is 1.18 bits per heavy atom. The van der Waals surface area contributed by atoms with Gasteiger partial charge < -0.3 is 15.2 Å². The Morgan fingerprint density at radius 2 is 2.00 bits per heavy atom. The van der Waals surface area contributed by atoms with Crippen molar-refractivity contribution in [2.45, 2.75) is 64.6 Å². The number of piperidine rings is 2. The van der Waals surface area contributed by atoms with Crippen LogP contribution in [0, 0.1) is 5.41 Å². The van der Waals surface area contributed by atoms with Gasteiger partial charge in [0.05, 0.1) is 6.61 Å². The Labute approximate surface area is 230 Å². The molecule has 0 saturated carbocycles. The topological polar surface area (TPSA) is 60.0 Å². The summed E-state index contributed by atoms with van der Waals surface area (Å²) in [6, 6.07) is 0.153. The van der Waals surface area contributed by atoms with Crippen molar-refractivity contribution in [3.63, 3.8) is 0 Å². The monoisotopic (exact) mass is 522 g/mol. The van der Waals surface area contributed by atoms with Gasteiger partial charge in [0, 0.05) is 44.5 Å². The highest BCUT2D eigenvalue weighted by Crippen LogP contribution is 2.39. The summed E-state index contributed by atoms with van der Waals surface area (Å²) in [5.74, 6) is 0.